The molecule has 1 aliphatic rings. The highest BCUT2D eigenvalue weighted by atomic mass is 32.1. The van der Waals surface area contributed by atoms with Gasteiger partial charge in [0.25, 0.3) is 0 Å². The Morgan fingerprint density at radius 2 is 2.00 bits per heavy atom. The number of ether oxygens (including phenoxy) is 1. The molecule has 1 atom stereocenters. The van der Waals surface area contributed by atoms with Crippen LogP contribution in [0.2, 0.25) is 0 Å². The van der Waals surface area contributed by atoms with Crippen molar-refractivity contribution in [3.8, 4) is 5.75 Å². The van der Waals surface area contributed by atoms with Crippen molar-refractivity contribution >= 4 is 17.4 Å². The van der Waals surface area contributed by atoms with E-state index in [1.807, 2.05) is 23.1 Å². The van der Waals surface area contributed by atoms with Gasteiger partial charge in [-0.05, 0) is 41.8 Å². The van der Waals surface area contributed by atoms with Crippen LogP contribution in [-0.2, 0) is 13.0 Å². The first-order valence-electron chi connectivity index (χ1n) is 9.06. The first kappa shape index (κ1) is 18.7. The van der Waals surface area contributed by atoms with Crippen molar-refractivity contribution in [1.82, 2.24) is 15.1 Å². The Labute approximate surface area is 159 Å². The van der Waals surface area contributed by atoms with Gasteiger partial charge in [0.05, 0.1) is 7.11 Å². The Bertz CT molecular complexity index is 697. The monoisotopic (exact) mass is 373 g/mol. The van der Waals surface area contributed by atoms with E-state index < -0.39 is 0 Å². The molecular weight excluding hydrogens is 346 g/mol. The normalized spacial score (nSPS) is 16.3. The molecule has 2 aromatic rings. The number of nitrogens with zero attached hydrogens (tertiary/aromatic N) is 2. The maximum Gasteiger partial charge on any atom is 0.317 e. The average molecular weight is 374 g/mol. The number of hydrogen-bond donors (Lipinski definition) is 1. The van der Waals surface area contributed by atoms with Crippen molar-refractivity contribution in [1.29, 1.82) is 0 Å². The summed E-state index contributed by atoms with van der Waals surface area (Å²) in [5.41, 5.74) is 2.47. The predicted molar refractivity (Wildman–Crippen MR) is 106 cm³/mol. The maximum absolute atomic E-state index is 12.5. The molecule has 6 heteroatoms. The van der Waals surface area contributed by atoms with Crippen LogP contribution < -0.4 is 10.1 Å². The highest BCUT2D eigenvalue weighted by Crippen LogP contribution is 2.20. The zero-order valence-corrected chi connectivity index (χ0v) is 16.3. The lowest BCUT2D eigenvalue weighted by Crippen LogP contribution is -2.53. The molecular formula is C20H27N3O2S. The van der Waals surface area contributed by atoms with Crippen molar-refractivity contribution in [3.63, 3.8) is 0 Å². The molecule has 0 radical (unpaired) electrons. The summed E-state index contributed by atoms with van der Waals surface area (Å²) in [5, 5.41) is 7.34. The SMILES string of the molecule is COc1ccccc1CN1CCN(C(=O)N[C@@H](C)Cc2ccsc2)CC1. The second-order valence-corrected chi connectivity index (χ2v) is 7.54. The number of thiophene rings is 1. The minimum atomic E-state index is 0.0460. The Hall–Kier alpha value is -2.05. The van der Waals surface area contributed by atoms with Crippen LogP contribution >= 0.6 is 11.3 Å². The van der Waals surface area contributed by atoms with Gasteiger partial charge in [-0.25, -0.2) is 4.79 Å². The fraction of sp³-hybridized carbons (Fsp3) is 0.450. The van der Waals surface area contributed by atoms with Crippen molar-refractivity contribution in [3.05, 3.63) is 52.2 Å². The highest BCUT2D eigenvalue weighted by Gasteiger charge is 2.22. The lowest BCUT2D eigenvalue weighted by Gasteiger charge is -2.35. The quantitative estimate of drug-likeness (QED) is 0.846. The topological polar surface area (TPSA) is 44.8 Å². The van der Waals surface area contributed by atoms with E-state index in [0.717, 1.165) is 44.9 Å². The summed E-state index contributed by atoms with van der Waals surface area (Å²) >= 11 is 1.69. The molecule has 1 aliphatic heterocycles. The van der Waals surface area contributed by atoms with E-state index in [1.54, 1.807) is 18.4 Å². The summed E-state index contributed by atoms with van der Waals surface area (Å²) in [5.74, 6) is 0.926. The van der Waals surface area contributed by atoms with Crippen molar-refractivity contribution in [2.24, 2.45) is 0 Å². The Balaban J connectivity index is 1.45. The molecule has 0 spiro atoms. The maximum atomic E-state index is 12.5. The number of methoxy groups -OCH3 is 1. The molecule has 0 saturated carbocycles. The lowest BCUT2D eigenvalue weighted by molar-refractivity contribution is 0.133. The number of amides is 2. The molecule has 3 rings (SSSR count). The van der Waals surface area contributed by atoms with Gasteiger partial charge in [-0.1, -0.05) is 18.2 Å². The summed E-state index contributed by atoms with van der Waals surface area (Å²) in [6, 6.07) is 10.4. The van der Waals surface area contributed by atoms with Gasteiger partial charge >= 0.3 is 6.03 Å². The van der Waals surface area contributed by atoms with Crippen LogP contribution in [0.15, 0.2) is 41.1 Å². The molecule has 1 aromatic heterocycles. The van der Waals surface area contributed by atoms with Gasteiger partial charge in [0.2, 0.25) is 0 Å². The number of para-hydroxylation sites is 1. The van der Waals surface area contributed by atoms with Crippen LogP contribution in [0.3, 0.4) is 0 Å². The number of nitrogens with one attached hydrogen (secondary N) is 1. The molecule has 26 heavy (non-hydrogen) atoms. The number of rotatable bonds is 6. The Morgan fingerprint density at radius 1 is 1.23 bits per heavy atom. The van der Waals surface area contributed by atoms with Crippen LogP contribution in [0.1, 0.15) is 18.1 Å². The second-order valence-electron chi connectivity index (χ2n) is 6.76. The fourth-order valence-electron chi connectivity index (χ4n) is 3.30. The number of benzene rings is 1. The predicted octanol–water partition coefficient (Wildman–Crippen LogP) is 3.22. The smallest absolute Gasteiger partial charge is 0.317 e. The van der Waals surface area contributed by atoms with Crippen molar-refractivity contribution in [2.45, 2.75) is 25.9 Å². The Kier molecular flexibility index (Phi) is 6.52. The van der Waals surface area contributed by atoms with E-state index >= 15 is 0 Å². The minimum absolute atomic E-state index is 0.0460. The average Bonchev–Trinajstić information content (AvgIpc) is 3.15. The number of carbonyl (C=O) groups is 1. The van der Waals surface area contributed by atoms with Crippen LogP contribution in [0.5, 0.6) is 5.75 Å². The van der Waals surface area contributed by atoms with Crippen LogP contribution in [0.4, 0.5) is 4.79 Å². The van der Waals surface area contributed by atoms with Crippen LogP contribution in [0, 0.1) is 0 Å². The standard InChI is InChI=1S/C20H27N3O2S/c1-16(13-17-7-12-26-15-17)21-20(24)23-10-8-22(9-11-23)14-18-5-3-4-6-19(18)25-2/h3-7,12,15-16H,8-11,13-14H2,1-2H3,(H,21,24)/t16-/m0/s1. The van der Waals surface area contributed by atoms with Gasteiger partial charge in [-0.15, -0.1) is 0 Å². The van der Waals surface area contributed by atoms with Crippen molar-refractivity contribution < 1.29 is 9.53 Å². The molecule has 5 nitrogen and oxygen atoms in total. The summed E-state index contributed by atoms with van der Waals surface area (Å²) in [7, 11) is 1.71. The summed E-state index contributed by atoms with van der Waals surface area (Å²) in [4.78, 5) is 16.8. The summed E-state index contributed by atoms with van der Waals surface area (Å²) < 4.78 is 5.43. The molecule has 1 saturated heterocycles. The van der Waals surface area contributed by atoms with Gasteiger partial charge in [0, 0.05) is 44.3 Å². The zero-order valence-electron chi connectivity index (χ0n) is 15.5. The van der Waals surface area contributed by atoms with Crippen LogP contribution in [0.25, 0.3) is 0 Å². The molecule has 1 N–H and O–H groups in total. The lowest BCUT2D eigenvalue weighted by atomic mass is 10.1. The van der Waals surface area contributed by atoms with E-state index in [0.29, 0.717) is 0 Å². The number of piperazine rings is 1. The first-order valence-corrected chi connectivity index (χ1v) is 10.0. The molecule has 0 aliphatic carbocycles. The summed E-state index contributed by atoms with van der Waals surface area (Å²) in [6.45, 7) is 6.19. The van der Waals surface area contributed by atoms with Gasteiger partial charge in [-0.2, -0.15) is 11.3 Å². The molecule has 1 fully saturated rings. The van der Waals surface area contributed by atoms with Gasteiger partial charge in [-0.3, -0.25) is 4.90 Å². The zero-order chi connectivity index (χ0) is 18.4. The third-order valence-corrected chi connectivity index (χ3v) is 5.47. The molecule has 2 heterocycles. The third-order valence-electron chi connectivity index (χ3n) is 4.74. The van der Waals surface area contributed by atoms with E-state index in [9.17, 15) is 4.79 Å². The largest absolute Gasteiger partial charge is 0.496 e. The van der Waals surface area contributed by atoms with E-state index in [-0.39, 0.29) is 12.1 Å². The number of urea groups is 1. The fourth-order valence-corrected chi connectivity index (χ4v) is 3.98. The van der Waals surface area contributed by atoms with E-state index in [1.165, 1.54) is 11.1 Å². The molecule has 140 valence electrons. The van der Waals surface area contributed by atoms with Gasteiger partial charge < -0.3 is 15.0 Å². The molecule has 0 unspecified atom stereocenters. The highest BCUT2D eigenvalue weighted by molar-refractivity contribution is 7.07. The van der Waals surface area contributed by atoms with Gasteiger partial charge in [0.15, 0.2) is 0 Å². The van der Waals surface area contributed by atoms with Gasteiger partial charge in [0.1, 0.15) is 5.75 Å². The summed E-state index contributed by atoms with van der Waals surface area (Å²) in [6.07, 6.45) is 0.878. The van der Waals surface area contributed by atoms with Crippen LogP contribution in [-0.4, -0.2) is 55.2 Å². The number of hydrogen-bond acceptors (Lipinski definition) is 4. The molecule has 0 bridgehead atoms. The first-order chi connectivity index (χ1) is 12.7. The van der Waals surface area contributed by atoms with Crippen molar-refractivity contribution in [2.75, 3.05) is 33.3 Å². The van der Waals surface area contributed by atoms with E-state index in [2.05, 4.69) is 40.0 Å². The third kappa shape index (κ3) is 4.99. The second kappa shape index (κ2) is 9.05. The van der Waals surface area contributed by atoms with E-state index in [4.69, 9.17) is 4.74 Å². The Morgan fingerprint density at radius 3 is 2.69 bits per heavy atom. The minimum Gasteiger partial charge on any atom is -0.496 e. The molecule has 2 amide bonds. The molecule has 1 aromatic carbocycles. The number of carbonyl (C=O) groups excluding carboxylic acids is 1.